The van der Waals surface area contributed by atoms with Crippen molar-refractivity contribution in [3.05, 3.63) is 89.5 Å². The fraction of sp³-hybridized carbons (Fsp3) is 0.200. The van der Waals surface area contributed by atoms with Gasteiger partial charge in [0.25, 0.3) is 0 Å². The molecule has 0 radical (unpaired) electrons. The van der Waals surface area contributed by atoms with Crippen LogP contribution >= 0.6 is 0 Å². The molecule has 5 nitrogen and oxygen atoms in total. The van der Waals surface area contributed by atoms with Crippen LogP contribution in [0.25, 0.3) is 0 Å². The number of amides is 2. The average Bonchev–Trinajstić information content (AvgIpc) is 3.62. The molecule has 0 spiro atoms. The molecule has 3 aromatic rings. The summed E-state index contributed by atoms with van der Waals surface area (Å²) in [6, 6.07) is 22.9. The molecule has 0 unspecified atom stereocenters. The summed E-state index contributed by atoms with van der Waals surface area (Å²) in [6.07, 6.45) is 1.94. The van der Waals surface area contributed by atoms with Crippen molar-refractivity contribution < 1.29 is 14.3 Å². The molecule has 3 aromatic carbocycles. The summed E-state index contributed by atoms with van der Waals surface area (Å²) in [5.41, 5.74) is 3.42. The quantitative estimate of drug-likeness (QED) is 0.661. The molecular formula is C25H22N2O3. The molecule has 0 atom stereocenters. The molecule has 0 aromatic heterocycles. The second kappa shape index (κ2) is 7.67. The lowest BCUT2D eigenvalue weighted by atomic mass is 9.87. The van der Waals surface area contributed by atoms with Crippen LogP contribution in [0.3, 0.4) is 0 Å². The normalized spacial score (nSPS) is 14.8. The lowest BCUT2D eigenvalue weighted by molar-refractivity contribution is -0.122. The summed E-state index contributed by atoms with van der Waals surface area (Å²) in [7, 11) is 0. The van der Waals surface area contributed by atoms with Crippen LogP contribution in [-0.2, 0) is 16.1 Å². The maximum absolute atomic E-state index is 13.2. The fourth-order valence-electron chi connectivity index (χ4n) is 3.83. The van der Waals surface area contributed by atoms with Crippen molar-refractivity contribution in [2.75, 3.05) is 5.32 Å². The van der Waals surface area contributed by atoms with Gasteiger partial charge in [0.05, 0.1) is 5.92 Å². The van der Waals surface area contributed by atoms with E-state index in [0.717, 1.165) is 35.2 Å². The van der Waals surface area contributed by atoms with Crippen LogP contribution in [-0.4, -0.2) is 11.8 Å². The Morgan fingerprint density at radius 1 is 0.833 bits per heavy atom. The van der Waals surface area contributed by atoms with Crippen molar-refractivity contribution in [2.24, 2.45) is 5.92 Å². The molecule has 5 rings (SSSR count). The van der Waals surface area contributed by atoms with Crippen LogP contribution < -0.4 is 15.4 Å². The molecule has 1 saturated carbocycles. The van der Waals surface area contributed by atoms with Gasteiger partial charge in [0.15, 0.2) is 0 Å². The highest BCUT2D eigenvalue weighted by Crippen LogP contribution is 2.43. The largest absolute Gasteiger partial charge is 0.457 e. The van der Waals surface area contributed by atoms with E-state index in [-0.39, 0.29) is 17.7 Å². The van der Waals surface area contributed by atoms with Crippen molar-refractivity contribution >= 4 is 17.5 Å². The minimum atomic E-state index is -0.427. The zero-order valence-electron chi connectivity index (χ0n) is 16.4. The van der Waals surface area contributed by atoms with Gasteiger partial charge in [-0.2, -0.15) is 0 Å². The molecule has 2 N–H and O–H groups in total. The van der Waals surface area contributed by atoms with Crippen molar-refractivity contribution in [1.82, 2.24) is 5.32 Å². The first-order chi connectivity index (χ1) is 14.7. The van der Waals surface area contributed by atoms with Gasteiger partial charge in [0.1, 0.15) is 11.5 Å². The number of benzene rings is 3. The molecule has 5 heteroatoms. The predicted octanol–water partition coefficient (Wildman–Crippen LogP) is 4.59. The Kier molecular flexibility index (Phi) is 4.71. The lowest BCUT2D eigenvalue weighted by Gasteiger charge is -2.27. The number of ether oxygens (including phenoxy) is 1. The highest BCUT2D eigenvalue weighted by atomic mass is 16.5. The Morgan fingerprint density at radius 3 is 2.17 bits per heavy atom. The fourth-order valence-corrected chi connectivity index (χ4v) is 3.83. The zero-order chi connectivity index (χ0) is 20.5. The van der Waals surface area contributed by atoms with E-state index in [2.05, 4.69) is 10.6 Å². The Morgan fingerprint density at radius 2 is 1.50 bits per heavy atom. The van der Waals surface area contributed by atoms with Crippen LogP contribution in [0, 0.1) is 5.92 Å². The highest BCUT2D eigenvalue weighted by molar-refractivity contribution is 5.94. The topological polar surface area (TPSA) is 67.4 Å². The maximum Gasteiger partial charge on any atom is 0.232 e. The molecule has 2 amide bonds. The molecule has 2 aliphatic rings. The minimum absolute atomic E-state index is 0.0756. The first-order valence-electron chi connectivity index (χ1n) is 10.2. The third-order valence-corrected chi connectivity index (χ3v) is 5.55. The first-order valence-corrected chi connectivity index (χ1v) is 10.2. The van der Waals surface area contributed by atoms with E-state index < -0.39 is 5.92 Å². The Labute approximate surface area is 175 Å². The van der Waals surface area contributed by atoms with E-state index in [1.165, 1.54) is 0 Å². The van der Waals surface area contributed by atoms with E-state index in [1.807, 2.05) is 72.8 Å². The monoisotopic (exact) mass is 398 g/mol. The summed E-state index contributed by atoms with van der Waals surface area (Å²) in [6.45, 7) is 0.383. The summed E-state index contributed by atoms with van der Waals surface area (Å²) in [5.74, 6) is 1.14. The van der Waals surface area contributed by atoms with Crippen molar-refractivity contribution in [3.8, 4) is 11.5 Å². The number of nitrogens with one attached hydrogen (secondary N) is 2. The molecule has 1 aliphatic heterocycles. The number of carbonyl (C=O) groups excluding carboxylic acids is 2. The molecule has 1 fully saturated rings. The van der Waals surface area contributed by atoms with Gasteiger partial charge in [0.2, 0.25) is 11.8 Å². The number of para-hydroxylation sites is 2. The average molecular weight is 398 g/mol. The number of fused-ring (bicyclic) bond motifs is 2. The standard InChI is InChI=1S/C25H22N2O3/c28-24(17-12-13-17)27-18-7-5-6-16(14-18)15-26-25(29)23-19-8-1-3-10-21(19)30-22-11-4-2-9-20(22)23/h1-11,14,17,23H,12-13,15H2,(H,26,29)(H,27,28). The summed E-state index contributed by atoms with van der Waals surface area (Å²) < 4.78 is 5.98. The van der Waals surface area contributed by atoms with E-state index in [0.29, 0.717) is 18.0 Å². The van der Waals surface area contributed by atoms with Gasteiger partial charge in [-0.15, -0.1) is 0 Å². The van der Waals surface area contributed by atoms with E-state index >= 15 is 0 Å². The second-order valence-corrected chi connectivity index (χ2v) is 7.79. The molecule has 1 aliphatic carbocycles. The van der Waals surface area contributed by atoms with Crippen molar-refractivity contribution in [3.63, 3.8) is 0 Å². The number of anilines is 1. The SMILES string of the molecule is O=C(Nc1cccc(CNC(=O)C2c3ccccc3Oc3ccccc32)c1)C1CC1. The van der Waals surface area contributed by atoms with Gasteiger partial charge in [-0.05, 0) is 42.7 Å². The van der Waals surface area contributed by atoms with Gasteiger partial charge in [-0.1, -0.05) is 48.5 Å². The third kappa shape index (κ3) is 3.66. The van der Waals surface area contributed by atoms with E-state index in [4.69, 9.17) is 4.74 Å². The predicted molar refractivity (Wildman–Crippen MR) is 114 cm³/mol. The number of hydrogen-bond donors (Lipinski definition) is 2. The van der Waals surface area contributed by atoms with Gasteiger partial charge in [-0.3, -0.25) is 9.59 Å². The van der Waals surface area contributed by atoms with Gasteiger partial charge in [-0.25, -0.2) is 0 Å². The highest BCUT2D eigenvalue weighted by Gasteiger charge is 2.32. The Hall–Kier alpha value is -3.60. The van der Waals surface area contributed by atoms with E-state index in [9.17, 15) is 9.59 Å². The lowest BCUT2D eigenvalue weighted by Crippen LogP contribution is -2.31. The molecule has 1 heterocycles. The smallest absolute Gasteiger partial charge is 0.232 e. The maximum atomic E-state index is 13.2. The molecule has 150 valence electrons. The molecule has 0 bridgehead atoms. The number of rotatable bonds is 5. The zero-order valence-corrected chi connectivity index (χ0v) is 16.4. The van der Waals surface area contributed by atoms with Crippen molar-refractivity contribution in [1.29, 1.82) is 0 Å². The summed E-state index contributed by atoms with van der Waals surface area (Å²) >= 11 is 0. The summed E-state index contributed by atoms with van der Waals surface area (Å²) in [4.78, 5) is 25.2. The molecular weight excluding hydrogens is 376 g/mol. The van der Waals surface area contributed by atoms with Crippen molar-refractivity contribution in [2.45, 2.75) is 25.3 Å². The van der Waals surface area contributed by atoms with Crippen LogP contribution in [0.4, 0.5) is 5.69 Å². The number of carbonyl (C=O) groups is 2. The van der Waals surface area contributed by atoms with Gasteiger partial charge < -0.3 is 15.4 Å². The molecule has 30 heavy (non-hydrogen) atoms. The number of hydrogen-bond acceptors (Lipinski definition) is 3. The molecule has 0 saturated heterocycles. The second-order valence-electron chi connectivity index (χ2n) is 7.79. The van der Waals surface area contributed by atoms with E-state index in [1.54, 1.807) is 0 Å². The minimum Gasteiger partial charge on any atom is -0.457 e. The van der Waals surface area contributed by atoms with Crippen LogP contribution in [0.2, 0.25) is 0 Å². The van der Waals surface area contributed by atoms with Gasteiger partial charge >= 0.3 is 0 Å². The Balaban J connectivity index is 1.33. The Bertz CT molecular complexity index is 1080. The van der Waals surface area contributed by atoms with Crippen LogP contribution in [0.5, 0.6) is 11.5 Å². The van der Waals surface area contributed by atoms with Crippen LogP contribution in [0.1, 0.15) is 35.4 Å². The first kappa shape index (κ1) is 18.4. The summed E-state index contributed by atoms with van der Waals surface area (Å²) in [5, 5.41) is 6.01. The van der Waals surface area contributed by atoms with Crippen LogP contribution in [0.15, 0.2) is 72.8 Å². The van der Waals surface area contributed by atoms with Gasteiger partial charge in [0, 0.05) is 29.3 Å². The third-order valence-electron chi connectivity index (χ3n) is 5.55.